The van der Waals surface area contributed by atoms with Gasteiger partial charge < -0.3 is 10.4 Å². The first-order valence-electron chi connectivity index (χ1n) is 9.07. The van der Waals surface area contributed by atoms with E-state index < -0.39 is 11.9 Å². The van der Waals surface area contributed by atoms with Gasteiger partial charge in [-0.15, -0.1) is 5.10 Å². The number of rotatable bonds is 4. The standard InChI is InChI=1S/C19H24N4O3/c1-13-8-10-14(11-9-13)23-12-17(21-22-23)18(24)20-16-7-5-3-2-4-6-15(16)19(25)26/h8-12,15-16H,2-7H2,1H3,(H,20,24)(H,25,26). The van der Waals surface area contributed by atoms with Crippen LogP contribution in [0.1, 0.15) is 54.6 Å². The first-order valence-corrected chi connectivity index (χ1v) is 9.07. The van der Waals surface area contributed by atoms with Crippen LogP contribution in [0.3, 0.4) is 0 Å². The summed E-state index contributed by atoms with van der Waals surface area (Å²) in [6.45, 7) is 2.00. The van der Waals surface area contributed by atoms with E-state index >= 15 is 0 Å². The van der Waals surface area contributed by atoms with Crippen molar-refractivity contribution < 1.29 is 14.7 Å². The van der Waals surface area contributed by atoms with Gasteiger partial charge in [0.1, 0.15) is 0 Å². The van der Waals surface area contributed by atoms with Gasteiger partial charge in [-0.25, -0.2) is 4.68 Å². The van der Waals surface area contributed by atoms with Crippen LogP contribution < -0.4 is 5.32 Å². The van der Waals surface area contributed by atoms with Gasteiger partial charge in [0.15, 0.2) is 5.69 Å². The molecule has 0 bridgehead atoms. The summed E-state index contributed by atoms with van der Waals surface area (Å²) in [4.78, 5) is 24.1. The van der Waals surface area contributed by atoms with Gasteiger partial charge >= 0.3 is 5.97 Å². The summed E-state index contributed by atoms with van der Waals surface area (Å²) in [6, 6.07) is 7.36. The Morgan fingerprint density at radius 3 is 2.50 bits per heavy atom. The summed E-state index contributed by atoms with van der Waals surface area (Å²) >= 11 is 0. The van der Waals surface area contributed by atoms with E-state index in [1.165, 1.54) is 0 Å². The molecule has 2 aromatic rings. The van der Waals surface area contributed by atoms with Crippen molar-refractivity contribution in [3.8, 4) is 5.69 Å². The first kappa shape index (κ1) is 18.1. The van der Waals surface area contributed by atoms with Gasteiger partial charge in [0.2, 0.25) is 0 Å². The lowest BCUT2D eigenvalue weighted by Gasteiger charge is -2.26. The molecule has 7 nitrogen and oxygen atoms in total. The van der Waals surface area contributed by atoms with Crippen molar-refractivity contribution in [2.75, 3.05) is 0 Å². The third-order valence-electron chi connectivity index (χ3n) is 4.92. The van der Waals surface area contributed by atoms with Gasteiger partial charge in [0.05, 0.1) is 17.8 Å². The van der Waals surface area contributed by atoms with Crippen LogP contribution in [0.4, 0.5) is 0 Å². The van der Waals surface area contributed by atoms with E-state index in [-0.39, 0.29) is 17.6 Å². The molecular formula is C19H24N4O3. The maximum atomic E-state index is 12.6. The maximum absolute atomic E-state index is 12.6. The molecule has 2 unspecified atom stereocenters. The average molecular weight is 356 g/mol. The minimum atomic E-state index is -0.847. The Labute approximate surface area is 152 Å². The van der Waals surface area contributed by atoms with Crippen molar-refractivity contribution in [1.29, 1.82) is 0 Å². The average Bonchev–Trinajstić information content (AvgIpc) is 3.08. The zero-order valence-corrected chi connectivity index (χ0v) is 14.9. The van der Waals surface area contributed by atoms with Crippen LogP contribution in [-0.4, -0.2) is 38.0 Å². The van der Waals surface area contributed by atoms with Crippen molar-refractivity contribution in [2.24, 2.45) is 5.92 Å². The van der Waals surface area contributed by atoms with E-state index in [0.717, 1.165) is 36.9 Å². The Morgan fingerprint density at radius 1 is 1.12 bits per heavy atom. The maximum Gasteiger partial charge on any atom is 0.308 e. The van der Waals surface area contributed by atoms with Crippen LogP contribution >= 0.6 is 0 Å². The number of benzene rings is 1. The number of carboxylic acids is 1. The molecule has 1 aliphatic carbocycles. The number of hydrogen-bond acceptors (Lipinski definition) is 4. The molecule has 2 atom stereocenters. The molecule has 0 saturated heterocycles. The zero-order valence-electron chi connectivity index (χ0n) is 14.9. The van der Waals surface area contributed by atoms with Gasteiger partial charge in [-0.1, -0.05) is 48.6 Å². The largest absolute Gasteiger partial charge is 0.481 e. The molecule has 2 N–H and O–H groups in total. The van der Waals surface area contributed by atoms with Gasteiger partial charge in [-0.05, 0) is 31.9 Å². The third-order valence-corrected chi connectivity index (χ3v) is 4.92. The van der Waals surface area contributed by atoms with Gasteiger partial charge in [0, 0.05) is 6.04 Å². The fourth-order valence-electron chi connectivity index (χ4n) is 3.39. The second-order valence-corrected chi connectivity index (χ2v) is 6.90. The fourth-order valence-corrected chi connectivity index (χ4v) is 3.39. The molecular weight excluding hydrogens is 332 g/mol. The lowest BCUT2D eigenvalue weighted by molar-refractivity contribution is -0.143. The first-order chi connectivity index (χ1) is 12.5. The molecule has 138 valence electrons. The second kappa shape index (κ2) is 8.12. The van der Waals surface area contributed by atoms with Crippen molar-refractivity contribution >= 4 is 11.9 Å². The summed E-state index contributed by atoms with van der Waals surface area (Å²) in [6.07, 6.45) is 6.76. The third kappa shape index (κ3) is 4.28. The SMILES string of the molecule is Cc1ccc(-n2cc(C(=O)NC3CCCCCCC3C(=O)O)nn2)cc1. The predicted octanol–water partition coefficient (Wildman–Crippen LogP) is 2.73. The van der Waals surface area contributed by atoms with Crippen molar-refractivity contribution in [3.63, 3.8) is 0 Å². The van der Waals surface area contributed by atoms with Crippen LogP contribution in [0.15, 0.2) is 30.5 Å². The number of aromatic nitrogens is 3. The molecule has 0 spiro atoms. The molecule has 1 amide bonds. The van der Waals surface area contributed by atoms with E-state index in [9.17, 15) is 14.7 Å². The Morgan fingerprint density at radius 2 is 1.81 bits per heavy atom. The molecule has 1 aliphatic rings. The summed E-state index contributed by atoms with van der Waals surface area (Å²) in [5, 5.41) is 20.3. The topological polar surface area (TPSA) is 97.1 Å². The number of carbonyl (C=O) groups excluding carboxylic acids is 1. The summed E-state index contributed by atoms with van der Waals surface area (Å²) in [7, 11) is 0. The number of carbonyl (C=O) groups is 2. The van der Waals surface area contributed by atoms with Crippen molar-refractivity contribution in [3.05, 3.63) is 41.7 Å². The Balaban J connectivity index is 1.72. The molecule has 0 radical (unpaired) electrons. The highest BCUT2D eigenvalue weighted by Crippen LogP contribution is 2.23. The number of amides is 1. The minimum Gasteiger partial charge on any atom is -0.481 e. The molecule has 1 fully saturated rings. The molecule has 1 saturated carbocycles. The quantitative estimate of drug-likeness (QED) is 0.878. The van der Waals surface area contributed by atoms with Crippen LogP contribution in [0.2, 0.25) is 0 Å². The normalized spacial score (nSPS) is 20.8. The highest BCUT2D eigenvalue weighted by atomic mass is 16.4. The predicted molar refractivity (Wildman–Crippen MR) is 96.2 cm³/mol. The van der Waals surface area contributed by atoms with Crippen molar-refractivity contribution in [1.82, 2.24) is 20.3 Å². The molecule has 0 aliphatic heterocycles. The van der Waals surface area contributed by atoms with Crippen LogP contribution in [0.25, 0.3) is 5.69 Å². The van der Waals surface area contributed by atoms with Crippen LogP contribution in [0, 0.1) is 12.8 Å². The molecule has 1 aromatic carbocycles. The number of hydrogen-bond donors (Lipinski definition) is 2. The smallest absolute Gasteiger partial charge is 0.308 e. The highest BCUT2D eigenvalue weighted by Gasteiger charge is 2.30. The van der Waals surface area contributed by atoms with E-state index in [1.807, 2.05) is 31.2 Å². The number of nitrogens with one attached hydrogen (secondary N) is 1. The second-order valence-electron chi connectivity index (χ2n) is 6.90. The van der Waals surface area contributed by atoms with Gasteiger partial charge in [0.25, 0.3) is 5.91 Å². The summed E-state index contributed by atoms with van der Waals surface area (Å²) in [5.74, 6) is -1.77. The summed E-state index contributed by atoms with van der Waals surface area (Å²) < 4.78 is 1.54. The lowest BCUT2D eigenvalue weighted by Crippen LogP contribution is -2.44. The molecule has 1 heterocycles. The van der Waals surface area contributed by atoms with E-state index in [1.54, 1.807) is 10.9 Å². The Bertz CT molecular complexity index is 769. The molecule has 26 heavy (non-hydrogen) atoms. The summed E-state index contributed by atoms with van der Waals surface area (Å²) in [5.41, 5.74) is 2.14. The fraction of sp³-hybridized carbons (Fsp3) is 0.474. The van der Waals surface area contributed by atoms with E-state index in [4.69, 9.17) is 0 Å². The highest BCUT2D eigenvalue weighted by molar-refractivity contribution is 5.92. The molecule has 3 rings (SSSR count). The van der Waals surface area contributed by atoms with Gasteiger partial charge in [-0.2, -0.15) is 0 Å². The van der Waals surface area contributed by atoms with Crippen LogP contribution in [-0.2, 0) is 4.79 Å². The Hall–Kier alpha value is -2.70. The zero-order chi connectivity index (χ0) is 18.5. The number of aryl methyl sites for hydroxylation is 1. The molecule has 1 aromatic heterocycles. The van der Waals surface area contributed by atoms with Crippen molar-refractivity contribution in [2.45, 2.75) is 51.5 Å². The lowest BCUT2D eigenvalue weighted by atomic mass is 9.86. The Kier molecular flexibility index (Phi) is 5.65. The number of nitrogens with zero attached hydrogens (tertiary/aromatic N) is 3. The van der Waals surface area contributed by atoms with E-state index in [0.29, 0.717) is 12.8 Å². The van der Waals surface area contributed by atoms with E-state index in [2.05, 4.69) is 15.6 Å². The molecule has 7 heteroatoms. The van der Waals surface area contributed by atoms with Gasteiger partial charge in [-0.3, -0.25) is 9.59 Å². The van der Waals surface area contributed by atoms with Crippen LogP contribution in [0.5, 0.6) is 0 Å². The number of aliphatic carboxylic acids is 1. The minimum absolute atomic E-state index is 0.191. The monoisotopic (exact) mass is 356 g/mol. The number of carboxylic acid groups (broad SMARTS) is 1.